The van der Waals surface area contributed by atoms with Crippen molar-refractivity contribution < 1.29 is 8.83 Å². The average molecular weight is 781 g/mol. The third-order valence-electron chi connectivity index (χ3n) is 7.76. The summed E-state index contributed by atoms with van der Waals surface area (Å²) in [6, 6.07) is 30.3. The Morgan fingerprint density at radius 2 is 1.21 bits per heavy atom. The Morgan fingerprint density at radius 1 is 0.679 bits per heavy atom. The van der Waals surface area contributed by atoms with Crippen molar-refractivity contribution in [2.24, 2.45) is 0 Å². The summed E-state index contributed by atoms with van der Waals surface area (Å²) in [5.74, 6) is 2.02. The van der Waals surface area contributed by atoms with Gasteiger partial charge in [0.15, 0.2) is 27.6 Å². The van der Waals surface area contributed by atoms with Gasteiger partial charge in [-0.2, -0.15) is 15.2 Å². The molecule has 8 rings (SSSR count). The molecule has 0 spiro atoms. The molecule has 0 aliphatic carbocycles. The van der Waals surface area contributed by atoms with Crippen LogP contribution in [0.2, 0.25) is 0 Å². The number of nitrogens with one attached hydrogen (secondary N) is 2. The van der Waals surface area contributed by atoms with E-state index in [1.165, 1.54) is 11.8 Å². The summed E-state index contributed by atoms with van der Waals surface area (Å²) in [4.78, 5) is 30.2. The molecule has 8 aromatic rings. The van der Waals surface area contributed by atoms with Gasteiger partial charge in [0.25, 0.3) is 0 Å². The van der Waals surface area contributed by atoms with Crippen molar-refractivity contribution in [2.45, 2.75) is 4.90 Å². The van der Waals surface area contributed by atoms with Gasteiger partial charge >= 0.3 is 0 Å². The molecule has 2 aromatic carbocycles. The van der Waals surface area contributed by atoms with Gasteiger partial charge in [0.1, 0.15) is 17.0 Å². The van der Waals surface area contributed by atoms with E-state index in [2.05, 4.69) is 40.5 Å². The van der Waals surface area contributed by atoms with Gasteiger partial charge in [-0.25, -0.2) is 19.9 Å². The second-order valence-corrected chi connectivity index (χ2v) is 13.5. The Hall–Kier alpha value is -7.09. The third kappa shape index (κ3) is 10.3. The molecular weight excluding hydrogens is 745 g/mol. The molecule has 0 saturated carbocycles. The van der Waals surface area contributed by atoms with Crippen molar-refractivity contribution in [2.75, 3.05) is 54.4 Å². The van der Waals surface area contributed by atoms with Crippen LogP contribution in [0.15, 0.2) is 136 Å². The summed E-state index contributed by atoms with van der Waals surface area (Å²) in [7, 11) is 7.99. The summed E-state index contributed by atoms with van der Waals surface area (Å²) in [6.45, 7) is 0. The fourth-order valence-corrected chi connectivity index (χ4v) is 5.58. The van der Waals surface area contributed by atoms with E-state index in [1.54, 1.807) is 43.0 Å². The quantitative estimate of drug-likeness (QED) is 0.0795. The van der Waals surface area contributed by atoms with E-state index in [-0.39, 0.29) is 0 Å². The number of benzene rings is 2. The van der Waals surface area contributed by atoms with Gasteiger partial charge in [-0.15, -0.1) is 0 Å². The molecule has 0 aliphatic heterocycles. The van der Waals surface area contributed by atoms with E-state index in [4.69, 9.17) is 32.0 Å². The van der Waals surface area contributed by atoms with Crippen LogP contribution in [0.4, 0.5) is 28.7 Å². The SMILES string of the molecule is CN(C)c1ccc(NC(=S)Nc2cc(-c3nc4ncccc4o3)ccn2)cc1.CN(C)c1ccc(SC#N)cc1.Nc1cc(-c2nc3ncccc3o2)ccn1. The van der Waals surface area contributed by atoms with Gasteiger partial charge in [-0.3, -0.25) is 0 Å². The molecule has 6 heterocycles. The number of fused-ring (bicyclic) bond motifs is 2. The lowest BCUT2D eigenvalue weighted by atomic mass is 10.2. The second-order valence-electron chi connectivity index (χ2n) is 12.2. The summed E-state index contributed by atoms with van der Waals surface area (Å²) < 4.78 is 11.3. The first-order chi connectivity index (χ1) is 27.1. The van der Waals surface area contributed by atoms with Gasteiger partial charge in [0.05, 0.1) is 0 Å². The Labute approximate surface area is 332 Å². The predicted octanol–water partition coefficient (Wildman–Crippen LogP) is 8.35. The van der Waals surface area contributed by atoms with Gasteiger partial charge in [-0.05, 0) is 121 Å². The lowest BCUT2D eigenvalue weighted by Gasteiger charge is -2.14. The molecule has 0 bridgehead atoms. The summed E-state index contributed by atoms with van der Waals surface area (Å²) in [6.07, 6.45) is 6.65. The molecule has 6 aromatic heterocycles. The zero-order chi connectivity index (χ0) is 39.4. The number of pyridine rings is 4. The number of nitriles is 1. The zero-order valence-corrected chi connectivity index (χ0v) is 32.4. The number of hydrogen-bond acceptors (Lipinski definition) is 14. The van der Waals surface area contributed by atoms with E-state index in [1.807, 2.05) is 122 Å². The van der Waals surface area contributed by atoms with Crippen molar-refractivity contribution in [1.29, 1.82) is 5.26 Å². The second kappa shape index (κ2) is 18.3. The summed E-state index contributed by atoms with van der Waals surface area (Å²) in [5, 5.41) is 17.1. The number of aromatic nitrogens is 6. The molecule has 0 unspecified atom stereocenters. The Kier molecular flexibility index (Phi) is 12.6. The molecule has 14 nitrogen and oxygen atoms in total. The molecule has 4 N–H and O–H groups in total. The number of hydrogen-bond donors (Lipinski definition) is 3. The first-order valence-electron chi connectivity index (χ1n) is 17.0. The van der Waals surface area contributed by atoms with E-state index in [0.717, 1.165) is 33.1 Å². The van der Waals surface area contributed by atoms with E-state index < -0.39 is 0 Å². The average Bonchev–Trinajstić information content (AvgIpc) is 3.85. The first-order valence-corrected chi connectivity index (χ1v) is 18.2. The van der Waals surface area contributed by atoms with Crippen LogP contribution in [-0.4, -0.2) is 63.2 Å². The van der Waals surface area contributed by atoms with E-state index in [9.17, 15) is 0 Å². The molecule has 0 fully saturated rings. The number of anilines is 5. The number of thiocarbonyl (C=S) groups is 1. The maximum Gasteiger partial charge on any atom is 0.229 e. The maximum atomic E-state index is 8.40. The van der Waals surface area contributed by atoms with Crippen molar-refractivity contribution >= 4 is 80.3 Å². The van der Waals surface area contributed by atoms with Gasteiger partial charge < -0.3 is 35.0 Å². The molecular formula is C40H36N12O2S2. The van der Waals surface area contributed by atoms with Gasteiger partial charge in [0.2, 0.25) is 11.8 Å². The number of nitrogens with zero attached hydrogens (tertiary/aromatic N) is 9. The van der Waals surface area contributed by atoms with Crippen molar-refractivity contribution in [3.05, 3.63) is 122 Å². The van der Waals surface area contributed by atoms with E-state index >= 15 is 0 Å². The summed E-state index contributed by atoms with van der Waals surface area (Å²) >= 11 is 6.58. The standard InChI is InChI=1S/C20H18N6OS.C11H8N4O.C9H10N2S/c1-26(2)15-7-5-14(6-8-15)23-20(28)24-17-12-13(9-11-21-17)19-25-18-16(27-19)4-3-10-22-18;12-9-6-7(3-5-13-9)11-15-10-8(16-11)2-1-4-14-10;1-11(2)8-3-5-9(6-4-8)12-7-10/h3-12H,1-2H3,(H2,21,23,24,28);1-6H,(H2,12,13);3-6H,1-2H3. The first kappa shape index (κ1) is 38.6. The third-order valence-corrected chi connectivity index (χ3v) is 8.57. The van der Waals surface area contributed by atoms with Crippen LogP contribution < -0.4 is 26.2 Å². The normalized spacial score (nSPS) is 10.3. The fraction of sp³-hybridized carbons (Fsp3) is 0.100. The molecule has 0 saturated heterocycles. The zero-order valence-electron chi connectivity index (χ0n) is 30.8. The maximum absolute atomic E-state index is 8.40. The minimum Gasteiger partial charge on any atom is -0.434 e. The highest BCUT2D eigenvalue weighted by molar-refractivity contribution is 8.03. The van der Waals surface area contributed by atoms with Gasteiger partial charge in [0, 0.05) is 86.1 Å². The number of nitrogen functional groups attached to an aromatic ring is 1. The van der Waals surface area contributed by atoms with Crippen LogP contribution in [0, 0.1) is 10.7 Å². The smallest absolute Gasteiger partial charge is 0.229 e. The van der Waals surface area contributed by atoms with Crippen LogP contribution in [0.25, 0.3) is 45.4 Å². The minimum atomic E-state index is 0.438. The topological polar surface area (TPSA) is 184 Å². The molecule has 0 amide bonds. The Bertz CT molecular complexity index is 2520. The molecule has 0 aliphatic rings. The van der Waals surface area contributed by atoms with Crippen LogP contribution >= 0.6 is 24.0 Å². The van der Waals surface area contributed by atoms with Crippen LogP contribution in [0.1, 0.15) is 0 Å². The predicted molar refractivity (Wildman–Crippen MR) is 227 cm³/mol. The van der Waals surface area contributed by atoms with Crippen LogP contribution in [-0.2, 0) is 0 Å². The Balaban J connectivity index is 0.000000159. The van der Waals surface area contributed by atoms with E-state index in [0.29, 0.717) is 51.0 Å². The highest BCUT2D eigenvalue weighted by atomic mass is 32.2. The number of thiocyanates is 1. The number of rotatable bonds is 7. The molecule has 0 radical (unpaired) electrons. The molecule has 0 atom stereocenters. The highest BCUT2D eigenvalue weighted by Crippen LogP contribution is 2.26. The molecule has 280 valence electrons. The largest absolute Gasteiger partial charge is 0.434 e. The molecule has 56 heavy (non-hydrogen) atoms. The minimum absolute atomic E-state index is 0.438. The van der Waals surface area contributed by atoms with Crippen molar-refractivity contribution in [3.63, 3.8) is 0 Å². The number of oxazole rings is 2. The lowest BCUT2D eigenvalue weighted by Crippen LogP contribution is -2.19. The molecule has 16 heteroatoms. The highest BCUT2D eigenvalue weighted by Gasteiger charge is 2.11. The number of thioether (sulfide) groups is 1. The summed E-state index contributed by atoms with van der Waals surface area (Å²) in [5.41, 5.74) is 12.8. The van der Waals surface area contributed by atoms with Crippen LogP contribution in [0.3, 0.4) is 0 Å². The van der Waals surface area contributed by atoms with Crippen molar-refractivity contribution in [1.82, 2.24) is 29.9 Å². The Morgan fingerprint density at radius 3 is 1.73 bits per heavy atom. The van der Waals surface area contributed by atoms with Gasteiger partial charge in [-0.1, -0.05) is 0 Å². The monoisotopic (exact) mass is 780 g/mol. The van der Waals surface area contributed by atoms with Crippen molar-refractivity contribution in [3.8, 4) is 28.3 Å². The number of nitrogens with two attached hydrogens (primary N) is 1. The fourth-order valence-electron chi connectivity index (χ4n) is 4.98. The lowest BCUT2D eigenvalue weighted by molar-refractivity contribution is 0.619. The van der Waals surface area contributed by atoms with Crippen LogP contribution in [0.5, 0.6) is 0 Å².